The molecule has 1 aliphatic heterocycles. The van der Waals surface area contributed by atoms with Gasteiger partial charge in [-0.3, -0.25) is 0 Å². The van der Waals surface area contributed by atoms with Crippen LogP contribution in [0.3, 0.4) is 0 Å². The van der Waals surface area contributed by atoms with Gasteiger partial charge in [0.15, 0.2) is 17.2 Å². The van der Waals surface area contributed by atoms with Crippen LogP contribution in [0.25, 0.3) is 6.08 Å². The molecule has 0 fully saturated rings. The van der Waals surface area contributed by atoms with Crippen molar-refractivity contribution >= 4 is 28.1 Å². The fourth-order valence-corrected chi connectivity index (χ4v) is 3.94. The average molecular weight is 467 g/mol. The van der Waals surface area contributed by atoms with E-state index in [9.17, 15) is 17.6 Å². The Kier molecular flexibility index (Phi) is 5.97. The molecule has 0 radical (unpaired) electrons. The summed E-state index contributed by atoms with van der Waals surface area (Å²) >= 11 is 0. The maximum atomic E-state index is 13.1. The number of nitrogens with zero attached hydrogens (tertiary/aromatic N) is 1. The van der Waals surface area contributed by atoms with Crippen LogP contribution >= 0.6 is 0 Å². The Morgan fingerprint density at radius 2 is 1.67 bits per heavy atom. The predicted molar refractivity (Wildman–Crippen MR) is 119 cm³/mol. The smallest absolute Gasteiger partial charge is 0.363 e. The number of carbonyl (C=O) groups excluding carboxylic acids is 1. The highest BCUT2D eigenvalue weighted by molar-refractivity contribution is 7.87. The molecule has 4 rings (SSSR count). The first-order valence-electron chi connectivity index (χ1n) is 9.73. The number of carbonyl (C=O) groups is 1. The van der Waals surface area contributed by atoms with E-state index in [0.717, 1.165) is 5.56 Å². The number of aliphatic imine (C=N–C) groups is 1. The van der Waals surface area contributed by atoms with E-state index in [0.29, 0.717) is 11.1 Å². The number of esters is 1. The minimum atomic E-state index is -4.07. The largest absolute Gasteiger partial charge is 0.493 e. The number of hydrogen-bond donors (Lipinski definition) is 0. The van der Waals surface area contributed by atoms with Gasteiger partial charge in [0, 0.05) is 5.56 Å². The lowest BCUT2D eigenvalue weighted by Crippen LogP contribution is -2.10. The van der Waals surface area contributed by atoms with Crippen molar-refractivity contribution in [3.05, 3.63) is 94.9 Å². The van der Waals surface area contributed by atoms with Crippen LogP contribution in [-0.4, -0.2) is 27.4 Å². The van der Waals surface area contributed by atoms with Gasteiger partial charge in [0.05, 0.1) is 7.11 Å². The number of hydrogen-bond acceptors (Lipinski definition) is 7. The summed E-state index contributed by atoms with van der Waals surface area (Å²) in [7, 11) is -2.70. The summed E-state index contributed by atoms with van der Waals surface area (Å²) in [5.74, 6) is -0.893. The molecule has 1 heterocycles. The fourth-order valence-electron chi connectivity index (χ4n) is 3.00. The molecule has 7 nitrogen and oxygen atoms in total. The van der Waals surface area contributed by atoms with Crippen LogP contribution in [0, 0.1) is 12.7 Å². The first kappa shape index (κ1) is 22.2. The molecule has 0 unspecified atom stereocenters. The molecule has 33 heavy (non-hydrogen) atoms. The maximum Gasteiger partial charge on any atom is 0.363 e. The second kappa shape index (κ2) is 8.87. The van der Waals surface area contributed by atoms with E-state index in [4.69, 9.17) is 13.7 Å². The average Bonchev–Trinajstić information content (AvgIpc) is 3.15. The number of cyclic esters (lactones) is 1. The Morgan fingerprint density at radius 3 is 2.33 bits per heavy atom. The van der Waals surface area contributed by atoms with E-state index in [-0.39, 0.29) is 28.0 Å². The molecule has 3 aromatic carbocycles. The Labute approximate surface area is 189 Å². The predicted octanol–water partition coefficient (Wildman–Crippen LogP) is 4.25. The van der Waals surface area contributed by atoms with Crippen LogP contribution in [0.15, 0.2) is 82.3 Å². The first-order valence-corrected chi connectivity index (χ1v) is 11.1. The Hall–Kier alpha value is -3.98. The van der Waals surface area contributed by atoms with Crippen molar-refractivity contribution in [2.24, 2.45) is 4.99 Å². The highest BCUT2D eigenvalue weighted by Crippen LogP contribution is 2.32. The first-order chi connectivity index (χ1) is 15.7. The molecule has 0 aliphatic carbocycles. The van der Waals surface area contributed by atoms with Crippen molar-refractivity contribution in [2.75, 3.05) is 7.11 Å². The molecule has 0 aromatic heterocycles. The van der Waals surface area contributed by atoms with Gasteiger partial charge in [-0.1, -0.05) is 23.8 Å². The van der Waals surface area contributed by atoms with Crippen LogP contribution in [-0.2, 0) is 19.6 Å². The molecule has 0 bridgehead atoms. The highest BCUT2D eigenvalue weighted by atomic mass is 32.2. The Balaban J connectivity index is 1.60. The molecule has 0 spiro atoms. The third-order valence-corrected chi connectivity index (χ3v) is 5.96. The summed E-state index contributed by atoms with van der Waals surface area (Å²) < 4.78 is 54.0. The summed E-state index contributed by atoms with van der Waals surface area (Å²) in [5.41, 5.74) is 1.90. The number of ether oxygens (including phenoxy) is 2. The minimum Gasteiger partial charge on any atom is -0.493 e. The van der Waals surface area contributed by atoms with E-state index in [1.54, 1.807) is 18.2 Å². The molecule has 0 saturated heterocycles. The van der Waals surface area contributed by atoms with Gasteiger partial charge in [-0.15, -0.1) is 0 Å². The van der Waals surface area contributed by atoms with Gasteiger partial charge in [-0.2, -0.15) is 8.42 Å². The molecular weight excluding hydrogens is 449 g/mol. The van der Waals surface area contributed by atoms with Gasteiger partial charge in [0.1, 0.15) is 10.7 Å². The topological polar surface area (TPSA) is 91.3 Å². The van der Waals surface area contributed by atoms with Crippen LogP contribution in [0.4, 0.5) is 4.39 Å². The van der Waals surface area contributed by atoms with E-state index in [1.807, 2.05) is 6.92 Å². The molecule has 1 aliphatic rings. The number of aryl methyl sites for hydroxylation is 1. The molecule has 3 aromatic rings. The van der Waals surface area contributed by atoms with E-state index < -0.39 is 21.9 Å². The standard InChI is InChI=1S/C24H18FNO6S/c1-15-3-10-19(11-4-15)33(28,29)32-21-12-5-16(14-22(21)30-2)13-20-24(27)31-23(26-20)17-6-8-18(25)9-7-17/h3-14H,1-2H3. The molecule has 9 heteroatoms. The van der Waals surface area contributed by atoms with Crippen molar-refractivity contribution in [1.29, 1.82) is 0 Å². The van der Waals surface area contributed by atoms with Gasteiger partial charge >= 0.3 is 16.1 Å². The van der Waals surface area contributed by atoms with Crippen molar-refractivity contribution in [1.82, 2.24) is 0 Å². The monoisotopic (exact) mass is 467 g/mol. The minimum absolute atomic E-state index is 0.00951. The zero-order valence-corrected chi connectivity index (χ0v) is 18.4. The third kappa shape index (κ3) is 4.93. The lowest BCUT2D eigenvalue weighted by molar-refractivity contribution is -0.129. The summed E-state index contributed by atoms with van der Waals surface area (Å²) in [6.07, 6.45) is 1.46. The SMILES string of the molecule is COc1cc(C=C2N=C(c3ccc(F)cc3)OC2=O)ccc1OS(=O)(=O)c1ccc(C)cc1. The van der Waals surface area contributed by atoms with Gasteiger partial charge in [-0.05, 0) is 67.1 Å². The van der Waals surface area contributed by atoms with Crippen molar-refractivity contribution in [2.45, 2.75) is 11.8 Å². The number of benzene rings is 3. The Morgan fingerprint density at radius 1 is 0.970 bits per heavy atom. The van der Waals surface area contributed by atoms with Crippen LogP contribution in [0.1, 0.15) is 16.7 Å². The van der Waals surface area contributed by atoms with Crippen LogP contribution < -0.4 is 8.92 Å². The summed E-state index contributed by atoms with van der Waals surface area (Å²) in [6.45, 7) is 1.85. The van der Waals surface area contributed by atoms with Gasteiger partial charge in [-0.25, -0.2) is 14.2 Å². The maximum absolute atomic E-state index is 13.1. The molecule has 0 saturated carbocycles. The number of methoxy groups -OCH3 is 1. The van der Waals surface area contributed by atoms with Crippen LogP contribution in [0.2, 0.25) is 0 Å². The van der Waals surface area contributed by atoms with Crippen molar-refractivity contribution < 1.29 is 31.3 Å². The van der Waals surface area contributed by atoms with Crippen LogP contribution in [0.5, 0.6) is 11.5 Å². The molecular formula is C24H18FNO6S. The van der Waals surface area contributed by atoms with Gasteiger partial charge in [0.2, 0.25) is 5.90 Å². The summed E-state index contributed by atoms with van der Waals surface area (Å²) in [6, 6.07) is 16.1. The number of halogens is 1. The van der Waals surface area contributed by atoms with E-state index >= 15 is 0 Å². The quantitative estimate of drug-likeness (QED) is 0.306. The molecule has 0 amide bonds. The normalized spacial score (nSPS) is 14.7. The van der Waals surface area contributed by atoms with E-state index in [2.05, 4.69) is 4.99 Å². The zero-order valence-electron chi connectivity index (χ0n) is 17.6. The zero-order chi connectivity index (χ0) is 23.6. The molecule has 0 atom stereocenters. The summed E-state index contributed by atoms with van der Waals surface area (Å²) in [5, 5.41) is 0. The number of rotatable bonds is 6. The molecule has 0 N–H and O–H groups in total. The second-order valence-electron chi connectivity index (χ2n) is 7.10. The summed E-state index contributed by atoms with van der Waals surface area (Å²) in [4.78, 5) is 16.4. The Bertz CT molecular complexity index is 1380. The second-order valence-corrected chi connectivity index (χ2v) is 8.65. The third-order valence-electron chi connectivity index (χ3n) is 4.71. The van der Waals surface area contributed by atoms with Gasteiger partial charge in [0.25, 0.3) is 0 Å². The van der Waals surface area contributed by atoms with Crippen molar-refractivity contribution in [3.63, 3.8) is 0 Å². The fraction of sp³-hybridized carbons (Fsp3) is 0.0833. The molecule has 168 valence electrons. The lowest BCUT2D eigenvalue weighted by atomic mass is 10.1. The van der Waals surface area contributed by atoms with Gasteiger partial charge < -0.3 is 13.7 Å². The highest BCUT2D eigenvalue weighted by Gasteiger charge is 2.25. The lowest BCUT2D eigenvalue weighted by Gasteiger charge is -2.11. The van der Waals surface area contributed by atoms with Crippen molar-refractivity contribution in [3.8, 4) is 11.5 Å². The van der Waals surface area contributed by atoms with E-state index in [1.165, 1.54) is 61.7 Å².